The van der Waals surface area contributed by atoms with Gasteiger partial charge in [-0.15, -0.1) is 0 Å². The number of benzene rings is 2. The highest BCUT2D eigenvalue weighted by atomic mass is 16.2. The predicted molar refractivity (Wildman–Crippen MR) is 121 cm³/mol. The van der Waals surface area contributed by atoms with Crippen LogP contribution >= 0.6 is 0 Å². The van der Waals surface area contributed by atoms with E-state index in [-0.39, 0.29) is 23.7 Å². The zero-order valence-corrected chi connectivity index (χ0v) is 17.6. The Kier molecular flexibility index (Phi) is 6.74. The monoisotopic (exact) mass is 409 g/mol. The largest absolute Gasteiger partial charge is 0.343 e. The molecule has 1 atom stereocenters. The van der Waals surface area contributed by atoms with Crippen molar-refractivity contribution in [2.45, 2.75) is 31.1 Å². The molecule has 156 valence electrons. The highest BCUT2D eigenvalue weighted by molar-refractivity contribution is 5.78. The van der Waals surface area contributed by atoms with Crippen molar-refractivity contribution >= 4 is 5.91 Å². The summed E-state index contributed by atoms with van der Waals surface area (Å²) in [6.07, 6.45) is 5.67. The number of nitrogens with zero attached hydrogens (tertiary/aromatic N) is 3. The van der Waals surface area contributed by atoms with Crippen LogP contribution in [-0.2, 0) is 4.79 Å². The molecule has 1 amide bonds. The van der Waals surface area contributed by atoms with Crippen LogP contribution in [0.2, 0.25) is 0 Å². The Labute approximate surface area is 184 Å². The number of pyridine rings is 1. The highest BCUT2D eigenvalue weighted by Crippen LogP contribution is 2.33. The molecule has 0 radical (unpaired) electrons. The number of aromatic nitrogens is 1. The molecule has 4 heteroatoms. The van der Waals surface area contributed by atoms with Crippen LogP contribution in [0.4, 0.5) is 0 Å². The topological polar surface area (TPSA) is 57.0 Å². The summed E-state index contributed by atoms with van der Waals surface area (Å²) in [5.74, 6) is 0.338. The Morgan fingerprint density at radius 2 is 1.52 bits per heavy atom. The minimum absolute atomic E-state index is 0.0508. The molecule has 1 aliphatic heterocycles. The molecular weight excluding hydrogens is 382 g/mol. The lowest BCUT2D eigenvalue weighted by molar-refractivity contribution is -0.132. The predicted octanol–water partition coefficient (Wildman–Crippen LogP) is 5.15. The third kappa shape index (κ3) is 5.00. The van der Waals surface area contributed by atoms with Crippen LogP contribution in [0.3, 0.4) is 0 Å². The molecule has 31 heavy (non-hydrogen) atoms. The van der Waals surface area contributed by atoms with Crippen LogP contribution in [-0.4, -0.2) is 28.9 Å². The summed E-state index contributed by atoms with van der Waals surface area (Å²) in [6.45, 7) is 1.41. The molecule has 3 aromatic rings. The number of likely N-dealkylation sites (tertiary alicyclic amines) is 1. The fourth-order valence-corrected chi connectivity index (χ4v) is 4.60. The Bertz CT molecular complexity index is 967. The van der Waals surface area contributed by atoms with Gasteiger partial charge in [-0.2, -0.15) is 5.26 Å². The van der Waals surface area contributed by atoms with Gasteiger partial charge in [0.05, 0.1) is 12.0 Å². The fourth-order valence-electron chi connectivity index (χ4n) is 4.60. The molecule has 4 rings (SSSR count). The first-order valence-corrected chi connectivity index (χ1v) is 10.9. The van der Waals surface area contributed by atoms with Gasteiger partial charge in [0.1, 0.15) is 0 Å². The number of carbonyl (C=O) groups excluding carboxylic acids is 1. The second-order valence-corrected chi connectivity index (χ2v) is 8.19. The van der Waals surface area contributed by atoms with Gasteiger partial charge < -0.3 is 4.90 Å². The summed E-state index contributed by atoms with van der Waals surface area (Å²) < 4.78 is 0. The number of nitriles is 1. The van der Waals surface area contributed by atoms with Gasteiger partial charge in [0, 0.05) is 37.8 Å². The van der Waals surface area contributed by atoms with E-state index in [1.807, 2.05) is 53.4 Å². The molecule has 0 aliphatic carbocycles. The summed E-state index contributed by atoms with van der Waals surface area (Å²) in [7, 11) is 0. The van der Waals surface area contributed by atoms with Crippen molar-refractivity contribution in [3.8, 4) is 6.07 Å². The molecule has 0 N–H and O–H groups in total. The summed E-state index contributed by atoms with van der Waals surface area (Å²) >= 11 is 0. The van der Waals surface area contributed by atoms with E-state index < -0.39 is 0 Å². The third-order valence-corrected chi connectivity index (χ3v) is 6.33. The van der Waals surface area contributed by atoms with Crippen LogP contribution < -0.4 is 0 Å². The van der Waals surface area contributed by atoms with Crippen molar-refractivity contribution in [1.82, 2.24) is 9.88 Å². The standard InChI is InChI=1S/C27H27N3O/c28-19-26(24-12-7-15-29-20-24)23-13-16-30(17-14-23)27(31)18-25(21-8-3-1-4-9-21)22-10-5-2-6-11-22/h1-12,15,20,23,25-26H,13-14,16-18H2. The molecule has 1 aliphatic rings. The molecule has 1 saturated heterocycles. The molecule has 0 bridgehead atoms. The van der Waals surface area contributed by atoms with Crippen molar-refractivity contribution in [2.24, 2.45) is 5.92 Å². The maximum atomic E-state index is 13.2. The lowest BCUT2D eigenvalue weighted by Crippen LogP contribution is -2.40. The molecular formula is C27H27N3O. The Morgan fingerprint density at radius 1 is 0.935 bits per heavy atom. The Hall–Kier alpha value is -3.45. The first kappa shape index (κ1) is 20.8. The van der Waals surface area contributed by atoms with E-state index >= 15 is 0 Å². The summed E-state index contributed by atoms with van der Waals surface area (Å²) in [4.78, 5) is 19.4. The maximum absolute atomic E-state index is 13.2. The Balaban J connectivity index is 1.42. The molecule has 2 aromatic carbocycles. The first-order valence-electron chi connectivity index (χ1n) is 10.9. The fraction of sp³-hybridized carbons (Fsp3) is 0.296. The van der Waals surface area contributed by atoms with Crippen LogP contribution in [0.15, 0.2) is 85.2 Å². The lowest BCUT2D eigenvalue weighted by atomic mass is 9.81. The minimum Gasteiger partial charge on any atom is -0.343 e. The average Bonchev–Trinajstić information content (AvgIpc) is 2.85. The molecule has 1 fully saturated rings. The van der Waals surface area contributed by atoms with Crippen LogP contribution in [0, 0.1) is 17.2 Å². The van der Waals surface area contributed by atoms with E-state index in [0.29, 0.717) is 19.5 Å². The van der Waals surface area contributed by atoms with Gasteiger partial charge in [-0.25, -0.2) is 0 Å². The highest BCUT2D eigenvalue weighted by Gasteiger charge is 2.30. The van der Waals surface area contributed by atoms with E-state index in [2.05, 4.69) is 35.3 Å². The van der Waals surface area contributed by atoms with Crippen molar-refractivity contribution in [1.29, 1.82) is 5.26 Å². The van der Waals surface area contributed by atoms with E-state index in [1.165, 1.54) is 0 Å². The molecule has 2 heterocycles. The molecule has 0 spiro atoms. The van der Waals surface area contributed by atoms with E-state index in [9.17, 15) is 10.1 Å². The molecule has 1 aromatic heterocycles. The van der Waals surface area contributed by atoms with Crippen LogP contribution in [0.25, 0.3) is 0 Å². The van der Waals surface area contributed by atoms with Crippen molar-refractivity contribution in [3.63, 3.8) is 0 Å². The van der Waals surface area contributed by atoms with Crippen LogP contribution in [0.1, 0.15) is 47.8 Å². The molecule has 4 nitrogen and oxygen atoms in total. The van der Waals surface area contributed by atoms with Gasteiger partial charge in [0.15, 0.2) is 0 Å². The van der Waals surface area contributed by atoms with Gasteiger partial charge in [0.2, 0.25) is 5.91 Å². The summed E-state index contributed by atoms with van der Waals surface area (Å²) in [5, 5.41) is 9.72. The van der Waals surface area contributed by atoms with Gasteiger partial charge >= 0.3 is 0 Å². The quantitative estimate of drug-likeness (QED) is 0.566. The van der Waals surface area contributed by atoms with Crippen molar-refractivity contribution in [3.05, 3.63) is 102 Å². The average molecular weight is 410 g/mol. The van der Waals surface area contributed by atoms with Crippen LogP contribution in [0.5, 0.6) is 0 Å². The lowest BCUT2D eigenvalue weighted by Gasteiger charge is -2.35. The zero-order chi connectivity index (χ0) is 21.5. The van der Waals surface area contributed by atoms with Gasteiger partial charge in [0.25, 0.3) is 0 Å². The second kappa shape index (κ2) is 10.0. The van der Waals surface area contributed by atoms with Gasteiger partial charge in [-0.05, 0) is 41.5 Å². The number of hydrogen-bond acceptors (Lipinski definition) is 3. The number of rotatable bonds is 6. The number of piperidine rings is 1. The summed E-state index contributed by atoms with van der Waals surface area (Å²) in [6, 6.07) is 26.8. The van der Waals surface area contributed by atoms with E-state index in [0.717, 1.165) is 29.5 Å². The van der Waals surface area contributed by atoms with Gasteiger partial charge in [-0.3, -0.25) is 9.78 Å². The number of amides is 1. The third-order valence-electron chi connectivity index (χ3n) is 6.33. The number of carbonyl (C=O) groups is 1. The molecule has 0 saturated carbocycles. The Morgan fingerprint density at radius 3 is 2.03 bits per heavy atom. The number of hydrogen-bond donors (Lipinski definition) is 0. The van der Waals surface area contributed by atoms with E-state index in [4.69, 9.17) is 0 Å². The maximum Gasteiger partial charge on any atom is 0.223 e. The second-order valence-electron chi connectivity index (χ2n) is 8.19. The first-order chi connectivity index (χ1) is 15.3. The zero-order valence-electron chi connectivity index (χ0n) is 17.6. The molecule has 1 unspecified atom stereocenters. The van der Waals surface area contributed by atoms with Crippen molar-refractivity contribution < 1.29 is 4.79 Å². The summed E-state index contributed by atoms with van der Waals surface area (Å²) in [5.41, 5.74) is 3.30. The van der Waals surface area contributed by atoms with Gasteiger partial charge in [-0.1, -0.05) is 66.7 Å². The van der Waals surface area contributed by atoms with Crippen molar-refractivity contribution in [2.75, 3.05) is 13.1 Å². The van der Waals surface area contributed by atoms with E-state index in [1.54, 1.807) is 12.4 Å². The SMILES string of the molecule is N#CC(c1cccnc1)C1CCN(C(=O)CC(c2ccccc2)c2ccccc2)CC1. The minimum atomic E-state index is -0.160. The normalized spacial score (nSPS) is 15.4. The smallest absolute Gasteiger partial charge is 0.223 e.